The molecule has 0 aromatic heterocycles. The highest BCUT2D eigenvalue weighted by molar-refractivity contribution is 4.67. The zero-order chi connectivity index (χ0) is 11.5. The van der Waals surface area contributed by atoms with Gasteiger partial charge < -0.3 is 5.32 Å². The van der Waals surface area contributed by atoms with Crippen LogP contribution in [-0.4, -0.2) is 30.7 Å². The number of rotatable bonds is 10. The van der Waals surface area contributed by atoms with E-state index in [2.05, 4.69) is 37.9 Å². The second-order valence-electron chi connectivity index (χ2n) is 4.14. The fourth-order valence-corrected chi connectivity index (χ4v) is 2.08. The normalized spacial score (nSPS) is 13.4. The molecule has 2 nitrogen and oxygen atoms in total. The second-order valence-corrected chi connectivity index (χ2v) is 4.14. The van der Waals surface area contributed by atoms with Gasteiger partial charge in [-0.25, -0.2) is 0 Å². The van der Waals surface area contributed by atoms with Crippen molar-refractivity contribution < 1.29 is 0 Å². The molecule has 0 aliphatic carbocycles. The molecule has 0 aliphatic rings. The third-order valence-corrected chi connectivity index (χ3v) is 3.02. The summed E-state index contributed by atoms with van der Waals surface area (Å²) in [5, 5.41) is 3.59. The molecule has 0 spiro atoms. The maximum absolute atomic E-state index is 3.59. The maximum atomic E-state index is 3.59. The first-order valence-electron chi connectivity index (χ1n) is 6.77. The first-order chi connectivity index (χ1) is 7.29. The Kier molecular flexibility index (Phi) is 10.4. The Morgan fingerprint density at radius 1 is 0.933 bits per heavy atom. The Bertz CT molecular complexity index is 122. The van der Waals surface area contributed by atoms with Gasteiger partial charge in [0.2, 0.25) is 0 Å². The zero-order valence-electron chi connectivity index (χ0n) is 11.2. The van der Waals surface area contributed by atoms with E-state index in [1.807, 2.05) is 0 Å². The summed E-state index contributed by atoms with van der Waals surface area (Å²) >= 11 is 0. The Balaban J connectivity index is 3.80. The molecule has 0 aromatic rings. The summed E-state index contributed by atoms with van der Waals surface area (Å²) in [5.41, 5.74) is 0. The smallest absolute Gasteiger partial charge is 0.0596 e. The van der Waals surface area contributed by atoms with Crippen LogP contribution in [0.15, 0.2) is 0 Å². The highest BCUT2D eigenvalue weighted by atomic mass is 15.3. The minimum Gasteiger partial charge on any atom is -0.302 e. The number of unbranched alkanes of at least 4 members (excludes halogenated alkanes) is 3. The van der Waals surface area contributed by atoms with Crippen LogP contribution >= 0.6 is 0 Å². The number of nitrogens with zero attached hydrogens (tertiary/aromatic N) is 1. The molecule has 0 amide bonds. The molecule has 0 radical (unpaired) electrons. The molecular formula is C13H30N2. The van der Waals surface area contributed by atoms with Crippen LogP contribution in [0.5, 0.6) is 0 Å². The minimum absolute atomic E-state index is 0.599. The van der Waals surface area contributed by atoms with Crippen molar-refractivity contribution >= 4 is 0 Å². The summed E-state index contributed by atoms with van der Waals surface area (Å²) in [6.07, 6.45) is 7.37. The fourth-order valence-electron chi connectivity index (χ4n) is 2.08. The quantitative estimate of drug-likeness (QED) is 0.444. The molecule has 15 heavy (non-hydrogen) atoms. The second kappa shape index (κ2) is 10.4. The molecule has 0 fully saturated rings. The van der Waals surface area contributed by atoms with Crippen molar-refractivity contribution in [2.24, 2.45) is 0 Å². The van der Waals surface area contributed by atoms with Gasteiger partial charge in [0.25, 0.3) is 0 Å². The third-order valence-electron chi connectivity index (χ3n) is 3.02. The number of nitrogens with one attached hydrogen (secondary N) is 1. The van der Waals surface area contributed by atoms with E-state index < -0.39 is 0 Å². The van der Waals surface area contributed by atoms with Gasteiger partial charge >= 0.3 is 0 Å². The monoisotopic (exact) mass is 214 g/mol. The molecular weight excluding hydrogens is 184 g/mol. The first kappa shape index (κ1) is 14.9. The van der Waals surface area contributed by atoms with E-state index in [9.17, 15) is 0 Å². The Morgan fingerprint density at radius 2 is 1.60 bits per heavy atom. The first-order valence-corrected chi connectivity index (χ1v) is 6.77. The molecule has 0 bridgehead atoms. The zero-order valence-corrected chi connectivity index (χ0v) is 11.2. The van der Waals surface area contributed by atoms with Gasteiger partial charge in [0.1, 0.15) is 0 Å². The van der Waals surface area contributed by atoms with E-state index in [1.54, 1.807) is 0 Å². The number of hydrogen-bond acceptors (Lipinski definition) is 2. The molecule has 0 saturated heterocycles. The summed E-state index contributed by atoms with van der Waals surface area (Å²) in [6.45, 7) is 12.4. The van der Waals surface area contributed by atoms with E-state index >= 15 is 0 Å². The van der Waals surface area contributed by atoms with Gasteiger partial charge in [0.05, 0.1) is 6.17 Å². The van der Waals surface area contributed by atoms with Crippen molar-refractivity contribution in [2.45, 2.75) is 66.0 Å². The van der Waals surface area contributed by atoms with Crippen molar-refractivity contribution in [3.63, 3.8) is 0 Å². The van der Waals surface area contributed by atoms with E-state index in [0.717, 1.165) is 19.6 Å². The third kappa shape index (κ3) is 6.91. The Hall–Kier alpha value is -0.0800. The molecule has 0 aliphatic heterocycles. The predicted octanol–water partition coefficient (Wildman–Crippen LogP) is 3.23. The van der Waals surface area contributed by atoms with Gasteiger partial charge in [-0.2, -0.15) is 0 Å². The Labute approximate surface area is 96.4 Å². The molecule has 1 N–H and O–H groups in total. The molecule has 1 atom stereocenters. The van der Waals surface area contributed by atoms with Gasteiger partial charge in [0, 0.05) is 0 Å². The van der Waals surface area contributed by atoms with Crippen LogP contribution in [0.3, 0.4) is 0 Å². The van der Waals surface area contributed by atoms with E-state index in [0.29, 0.717) is 6.17 Å². The molecule has 0 aromatic carbocycles. The minimum atomic E-state index is 0.599. The summed E-state index contributed by atoms with van der Waals surface area (Å²) in [5.74, 6) is 0. The van der Waals surface area contributed by atoms with Crippen molar-refractivity contribution in [2.75, 3.05) is 19.6 Å². The fraction of sp³-hybridized carbons (Fsp3) is 1.00. The molecule has 1 unspecified atom stereocenters. The van der Waals surface area contributed by atoms with Crippen LogP contribution in [0.25, 0.3) is 0 Å². The molecule has 2 heteroatoms. The lowest BCUT2D eigenvalue weighted by Crippen LogP contribution is -2.45. The lowest BCUT2D eigenvalue weighted by molar-refractivity contribution is 0.170. The summed E-state index contributed by atoms with van der Waals surface area (Å²) in [7, 11) is 0. The van der Waals surface area contributed by atoms with Crippen LogP contribution in [0.2, 0.25) is 0 Å². The molecule has 0 rings (SSSR count). The van der Waals surface area contributed by atoms with Gasteiger partial charge in [0.15, 0.2) is 0 Å². The van der Waals surface area contributed by atoms with Crippen LogP contribution < -0.4 is 5.32 Å². The lowest BCUT2D eigenvalue weighted by Gasteiger charge is -2.30. The van der Waals surface area contributed by atoms with Gasteiger partial charge in [-0.05, 0) is 26.1 Å². The van der Waals surface area contributed by atoms with E-state index in [-0.39, 0.29) is 0 Å². The van der Waals surface area contributed by atoms with Crippen molar-refractivity contribution in [1.82, 2.24) is 10.2 Å². The Morgan fingerprint density at radius 3 is 2.07 bits per heavy atom. The van der Waals surface area contributed by atoms with Crippen molar-refractivity contribution in [3.05, 3.63) is 0 Å². The molecule has 0 heterocycles. The average molecular weight is 214 g/mol. The standard InChI is InChI=1S/C13H30N2/c1-5-9-10-11-12-13(14-6-2)15(7-3)8-4/h13-14H,5-12H2,1-4H3. The van der Waals surface area contributed by atoms with Crippen LogP contribution in [-0.2, 0) is 0 Å². The summed E-state index contributed by atoms with van der Waals surface area (Å²) < 4.78 is 0. The highest BCUT2D eigenvalue weighted by Crippen LogP contribution is 2.08. The average Bonchev–Trinajstić information content (AvgIpc) is 2.26. The predicted molar refractivity (Wildman–Crippen MR) is 69.1 cm³/mol. The highest BCUT2D eigenvalue weighted by Gasteiger charge is 2.12. The van der Waals surface area contributed by atoms with Crippen molar-refractivity contribution in [3.8, 4) is 0 Å². The number of hydrogen-bond donors (Lipinski definition) is 1. The summed E-state index contributed by atoms with van der Waals surface area (Å²) in [4.78, 5) is 2.52. The van der Waals surface area contributed by atoms with Gasteiger partial charge in [-0.3, -0.25) is 4.90 Å². The van der Waals surface area contributed by atoms with E-state index in [1.165, 1.54) is 32.1 Å². The van der Waals surface area contributed by atoms with Gasteiger partial charge in [-0.15, -0.1) is 0 Å². The summed E-state index contributed by atoms with van der Waals surface area (Å²) in [6, 6.07) is 0. The van der Waals surface area contributed by atoms with Crippen LogP contribution in [0.1, 0.15) is 59.8 Å². The van der Waals surface area contributed by atoms with Crippen LogP contribution in [0.4, 0.5) is 0 Å². The maximum Gasteiger partial charge on any atom is 0.0596 e. The molecule has 92 valence electrons. The largest absolute Gasteiger partial charge is 0.302 e. The SMILES string of the molecule is CCCCCCC(NCC)N(CC)CC. The van der Waals surface area contributed by atoms with Crippen molar-refractivity contribution in [1.29, 1.82) is 0 Å². The molecule has 0 saturated carbocycles. The van der Waals surface area contributed by atoms with Crippen LogP contribution in [0, 0.1) is 0 Å². The van der Waals surface area contributed by atoms with Gasteiger partial charge in [-0.1, -0.05) is 53.4 Å². The topological polar surface area (TPSA) is 15.3 Å². The van der Waals surface area contributed by atoms with E-state index in [4.69, 9.17) is 0 Å². The lowest BCUT2D eigenvalue weighted by atomic mass is 10.1.